The molecule has 0 saturated heterocycles. The van der Waals surface area contributed by atoms with Crippen molar-refractivity contribution in [3.05, 3.63) is 113 Å². The number of carbonyl (C=O) groups excluding carboxylic acids is 1. The molecule has 5 nitrogen and oxygen atoms in total. The highest BCUT2D eigenvalue weighted by Gasteiger charge is 2.15. The van der Waals surface area contributed by atoms with E-state index in [1.807, 2.05) is 71.6 Å². The molecule has 0 fully saturated rings. The Bertz CT molecular complexity index is 1200. The molecule has 0 bridgehead atoms. The van der Waals surface area contributed by atoms with Crippen LogP contribution in [-0.4, -0.2) is 26.9 Å². The number of hydrogen-bond donors (Lipinski definition) is 0. The fourth-order valence-electron chi connectivity index (χ4n) is 3.64. The number of carbonyl (C=O) groups is 1. The van der Waals surface area contributed by atoms with Gasteiger partial charge in [0.1, 0.15) is 0 Å². The van der Waals surface area contributed by atoms with E-state index in [1.54, 1.807) is 6.07 Å². The summed E-state index contributed by atoms with van der Waals surface area (Å²) in [6, 6.07) is 27.4. The van der Waals surface area contributed by atoms with Crippen LogP contribution in [0.5, 0.6) is 0 Å². The topological polar surface area (TPSA) is 55.2 Å². The van der Waals surface area contributed by atoms with Crippen LogP contribution in [0.2, 0.25) is 0 Å². The summed E-state index contributed by atoms with van der Waals surface area (Å²) in [5.41, 5.74) is 2.85. The molecule has 156 valence electrons. The van der Waals surface area contributed by atoms with Crippen LogP contribution in [0.15, 0.2) is 96.1 Å². The number of para-hydroxylation sites is 1. The molecular weight excluding hydrogens is 386 g/mol. The van der Waals surface area contributed by atoms with Gasteiger partial charge in [-0.05, 0) is 29.7 Å². The summed E-state index contributed by atoms with van der Waals surface area (Å²) in [4.78, 5) is 32.0. The summed E-state index contributed by atoms with van der Waals surface area (Å²) in [6.07, 6.45) is 2.57. The second-order valence-electron chi connectivity index (χ2n) is 7.55. The van der Waals surface area contributed by atoms with Gasteiger partial charge in [0.15, 0.2) is 0 Å². The SMILES string of the molecule is O=C(CCn1cnc2ccccc2c1=O)N(CCc1ccccc1)Cc1ccccc1. The molecule has 1 aromatic heterocycles. The summed E-state index contributed by atoms with van der Waals surface area (Å²) in [5.74, 6) is 0.0276. The van der Waals surface area contributed by atoms with Crippen molar-refractivity contribution in [1.82, 2.24) is 14.5 Å². The molecule has 0 radical (unpaired) electrons. The monoisotopic (exact) mass is 411 g/mol. The largest absolute Gasteiger partial charge is 0.338 e. The first kappa shape index (κ1) is 20.5. The van der Waals surface area contributed by atoms with Gasteiger partial charge in [0, 0.05) is 26.1 Å². The fourth-order valence-corrected chi connectivity index (χ4v) is 3.64. The van der Waals surface area contributed by atoms with Gasteiger partial charge >= 0.3 is 0 Å². The van der Waals surface area contributed by atoms with Crippen molar-refractivity contribution in [1.29, 1.82) is 0 Å². The van der Waals surface area contributed by atoms with Gasteiger partial charge in [-0.15, -0.1) is 0 Å². The molecule has 0 aliphatic rings. The minimum Gasteiger partial charge on any atom is -0.338 e. The molecule has 0 aliphatic heterocycles. The van der Waals surface area contributed by atoms with Crippen LogP contribution >= 0.6 is 0 Å². The lowest BCUT2D eigenvalue weighted by molar-refractivity contribution is -0.132. The van der Waals surface area contributed by atoms with E-state index in [0.717, 1.165) is 12.0 Å². The summed E-state index contributed by atoms with van der Waals surface area (Å²) < 4.78 is 1.53. The Kier molecular flexibility index (Phi) is 6.53. The molecule has 4 aromatic rings. The van der Waals surface area contributed by atoms with E-state index >= 15 is 0 Å². The number of amides is 1. The zero-order chi connectivity index (χ0) is 21.5. The van der Waals surface area contributed by atoms with Crippen LogP contribution in [0.4, 0.5) is 0 Å². The van der Waals surface area contributed by atoms with Crippen LogP contribution in [0.3, 0.4) is 0 Å². The van der Waals surface area contributed by atoms with Gasteiger partial charge in [-0.25, -0.2) is 4.98 Å². The maximum absolute atomic E-state index is 13.1. The smallest absolute Gasteiger partial charge is 0.261 e. The highest BCUT2D eigenvalue weighted by Crippen LogP contribution is 2.10. The van der Waals surface area contributed by atoms with Gasteiger partial charge in [0.05, 0.1) is 17.2 Å². The summed E-state index contributed by atoms with van der Waals surface area (Å²) >= 11 is 0. The van der Waals surface area contributed by atoms with Gasteiger partial charge in [-0.1, -0.05) is 72.8 Å². The number of fused-ring (bicyclic) bond motifs is 1. The summed E-state index contributed by atoms with van der Waals surface area (Å²) in [5, 5.41) is 0.572. The van der Waals surface area contributed by atoms with E-state index in [1.165, 1.54) is 16.5 Å². The first-order chi connectivity index (χ1) is 15.2. The van der Waals surface area contributed by atoms with E-state index < -0.39 is 0 Å². The van der Waals surface area contributed by atoms with Crippen molar-refractivity contribution in [3.8, 4) is 0 Å². The predicted octanol–water partition coefficient (Wildman–Crippen LogP) is 4.06. The standard InChI is InChI=1S/C26H25N3O2/c30-25(16-18-29-20-27-24-14-8-7-13-23(24)26(29)31)28(19-22-11-5-2-6-12-22)17-15-21-9-3-1-4-10-21/h1-14,20H,15-19H2. The summed E-state index contributed by atoms with van der Waals surface area (Å²) in [7, 11) is 0. The molecule has 0 atom stereocenters. The van der Waals surface area contributed by atoms with Gasteiger partial charge in [0.2, 0.25) is 5.91 Å². The minimum absolute atomic E-state index is 0.0276. The number of rotatable bonds is 8. The zero-order valence-electron chi connectivity index (χ0n) is 17.4. The molecule has 0 unspecified atom stereocenters. The third-order valence-electron chi connectivity index (χ3n) is 5.38. The normalized spacial score (nSPS) is 10.8. The maximum Gasteiger partial charge on any atom is 0.261 e. The summed E-state index contributed by atoms with van der Waals surface area (Å²) in [6.45, 7) is 1.49. The first-order valence-corrected chi connectivity index (χ1v) is 10.5. The van der Waals surface area contributed by atoms with Crippen molar-refractivity contribution in [3.63, 3.8) is 0 Å². The number of aryl methyl sites for hydroxylation is 1. The van der Waals surface area contributed by atoms with Crippen LogP contribution < -0.4 is 5.56 Å². The van der Waals surface area contributed by atoms with Crippen molar-refractivity contribution >= 4 is 16.8 Å². The van der Waals surface area contributed by atoms with Crippen molar-refractivity contribution in [2.75, 3.05) is 6.54 Å². The van der Waals surface area contributed by atoms with Crippen LogP contribution in [0.25, 0.3) is 10.9 Å². The molecule has 0 N–H and O–H groups in total. The van der Waals surface area contributed by atoms with E-state index in [-0.39, 0.29) is 17.9 Å². The van der Waals surface area contributed by atoms with E-state index in [0.29, 0.717) is 30.5 Å². The van der Waals surface area contributed by atoms with Crippen molar-refractivity contribution < 1.29 is 4.79 Å². The Balaban J connectivity index is 1.47. The number of hydrogen-bond acceptors (Lipinski definition) is 3. The molecule has 0 aliphatic carbocycles. The van der Waals surface area contributed by atoms with E-state index in [9.17, 15) is 9.59 Å². The lowest BCUT2D eigenvalue weighted by atomic mass is 10.1. The van der Waals surface area contributed by atoms with Crippen LogP contribution in [0.1, 0.15) is 17.5 Å². The molecule has 0 spiro atoms. The second kappa shape index (κ2) is 9.85. The van der Waals surface area contributed by atoms with E-state index in [2.05, 4.69) is 17.1 Å². The van der Waals surface area contributed by atoms with Crippen molar-refractivity contribution in [2.45, 2.75) is 25.9 Å². The van der Waals surface area contributed by atoms with Gasteiger partial charge < -0.3 is 4.90 Å². The van der Waals surface area contributed by atoms with Crippen molar-refractivity contribution in [2.24, 2.45) is 0 Å². The molecule has 4 rings (SSSR count). The Morgan fingerprint density at radius 1 is 0.839 bits per heavy atom. The fraction of sp³-hybridized carbons (Fsp3) is 0.192. The third-order valence-corrected chi connectivity index (χ3v) is 5.38. The van der Waals surface area contributed by atoms with E-state index in [4.69, 9.17) is 0 Å². The Labute approximate surface area is 181 Å². The highest BCUT2D eigenvalue weighted by atomic mass is 16.2. The average Bonchev–Trinajstić information content (AvgIpc) is 2.82. The first-order valence-electron chi connectivity index (χ1n) is 10.5. The minimum atomic E-state index is -0.114. The number of aromatic nitrogens is 2. The molecule has 3 aromatic carbocycles. The Morgan fingerprint density at radius 3 is 2.23 bits per heavy atom. The quantitative estimate of drug-likeness (QED) is 0.439. The molecule has 31 heavy (non-hydrogen) atoms. The second-order valence-corrected chi connectivity index (χ2v) is 7.55. The number of nitrogens with zero attached hydrogens (tertiary/aromatic N) is 3. The molecular formula is C26H25N3O2. The average molecular weight is 412 g/mol. The Hall–Kier alpha value is -3.73. The molecule has 5 heteroatoms. The predicted molar refractivity (Wildman–Crippen MR) is 123 cm³/mol. The molecule has 1 heterocycles. The zero-order valence-corrected chi connectivity index (χ0v) is 17.4. The maximum atomic E-state index is 13.1. The highest BCUT2D eigenvalue weighted by molar-refractivity contribution is 5.77. The van der Waals surface area contributed by atoms with Gasteiger partial charge in [-0.2, -0.15) is 0 Å². The van der Waals surface area contributed by atoms with Crippen LogP contribution in [-0.2, 0) is 24.3 Å². The number of benzene rings is 3. The molecule has 1 amide bonds. The lowest BCUT2D eigenvalue weighted by Gasteiger charge is -2.23. The van der Waals surface area contributed by atoms with Gasteiger partial charge in [0.25, 0.3) is 5.56 Å². The van der Waals surface area contributed by atoms with Gasteiger partial charge in [-0.3, -0.25) is 14.2 Å². The lowest BCUT2D eigenvalue weighted by Crippen LogP contribution is -2.34. The van der Waals surface area contributed by atoms with Crippen LogP contribution in [0, 0.1) is 0 Å². The molecule has 0 saturated carbocycles. The third kappa shape index (κ3) is 5.25. The Morgan fingerprint density at radius 2 is 1.48 bits per heavy atom.